The maximum absolute atomic E-state index is 12.6. The summed E-state index contributed by atoms with van der Waals surface area (Å²) in [6.07, 6.45) is 0.281. The van der Waals surface area contributed by atoms with Gasteiger partial charge in [0, 0.05) is 18.4 Å². The summed E-state index contributed by atoms with van der Waals surface area (Å²) in [6.45, 7) is 1.79. The van der Waals surface area contributed by atoms with Crippen molar-refractivity contribution in [2.45, 2.75) is 18.2 Å². The predicted molar refractivity (Wildman–Crippen MR) is 92.1 cm³/mol. The number of fused-ring (bicyclic) bond motifs is 1. The molecule has 2 aromatic carbocycles. The van der Waals surface area contributed by atoms with E-state index in [0.29, 0.717) is 11.4 Å². The number of likely N-dealkylation sites (N-methyl/N-ethyl adjacent to an activating group) is 1. The minimum absolute atomic E-state index is 0.00390. The van der Waals surface area contributed by atoms with E-state index in [1.54, 1.807) is 49.2 Å². The summed E-state index contributed by atoms with van der Waals surface area (Å²) in [6, 6.07) is 9.79. The number of carbonyl (C=O) groups is 1. The average Bonchev–Trinajstić information content (AvgIpc) is 2.81. The van der Waals surface area contributed by atoms with Crippen LogP contribution >= 0.6 is 0 Å². The number of benzene rings is 2. The summed E-state index contributed by atoms with van der Waals surface area (Å²) in [5.41, 5.74) is 2.80. The van der Waals surface area contributed by atoms with E-state index in [4.69, 9.17) is 4.74 Å². The molecule has 126 valence electrons. The van der Waals surface area contributed by atoms with Gasteiger partial charge in [0.15, 0.2) is 0 Å². The average molecular weight is 346 g/mol. The van der Waals surface area contributed by atoms with Gasteiger partial charge < -0.3 is 9.64 Å². The lowest BCUT2D eigenvalue weighted by Gasteiger charge is -2.13. The van der Waals surface area contributed by atoms with Gasteiger partial charge in [-0.05, 0) is 54.4 Å². The molecule has 2 aromatic rings. The van der Waals surface area contributed by atoms with Crippen LogP contribution in [0.5, 0.6) is 5.75 Å². The second-order valence-electron chi connectivity index (χ2n) is 5.71. The van der Waals surface area contributed by atoms with Crippen molar-refractivity contribution in [3.8, 4) is 5.75 Å². The number of anilines is 2. The van der Waals surface area contributed by atoms with Crippen molar-refractivity contribution < 1.29 is 17.9 Å². The zero-order valence-corrected chi connectivity index (χ0v) is 14.5. The zero-order chi connectivity index (χ0) is 17.5. The molecule has 1 N–H and O–H groups in total. The van der Waals surface area contributed by atoms with Crippen LogP contribution < -0.4 is 14.4 Å². The van der Waals surface area contributed by atoms with E-state index in [1.807, 2.05) is 0 Å². The molecule has 1 amide bonds. The van der Waals surface area contributed by atoms with Gasteiger partial charge in [-0.25, -0.2) is 8.42 Å². The van der Waals surface area contributed by atoms with Gasteiger partial charge in [-0.2, -0.15) is 0 Å². The van der Waals surface area contributed by atoms with Crippen LogP contribution in [0.3, 0.4) is 0 Å². The molecule has 0 spiro atoms. The third kappa shape index (κ3) is 2.82. The van der Waals surface area contributed by atoms with Gasteiger partial charge in [0.1, 0.15) is 5.75 Å². The number of hydrogen-bond donors (Lipinski definition) is 1. The summed E-state index contributed by atoms with van der Waals surface area (Å²) < 4.78 is 32.8. The third-order valence-corrected chi connectivity index (χ3v) is 5.46. The van der Waals surface area contributed by atoms with E-state index in [1.165, 1.54) is 13.2 Å². The molecule has 7 heteroatoms. The van der Waals surface area contributed by atoms with E-state index in [2.05, 4.69) is 4.72 Å². The van der Waals surface area contributed by atoms with Crippen molar-refractivity contribution >= 4 is 27.3 Å². The van der Waals surface area contributed by atoms with Gasteiger partial charge in [0.05, 0.1) is 18.4 Å². The summed E-state index contributed by atoms with van der Waals surface area (Å²) in [4.78, 5) is 13.5. The summed E-state index contributed by atoms with van der Waals surface area (Å²) in [7, 11) is -0.464. The molecule has 0 aromatic heterocycles. The van der Waals surface area contributed by atoms with E-state index in [0.717, 1.165) is 16.8 Å². The third-order valence-electron chi connectivity index (χ3n) is 4.09. The molecular weight excluding hydrogens is 328 g/mol. The van der Waals surface area contributed by atoms with E-state index < -0.39 is 10.0 Å². The van der Waals surface area contributed by atoms with Gasteiger partial charge in [0.2, 0.25) is 5.91 Å². The van der Waals surface area contributed by atoms with Crippen LogP contribution in [0, 0.1) is 6.92 Å². The number of rotatable bonds is 4. The van der Waals surface area contributed by atoms with Crippen LogP contribution in [0.1, 0.15) is 11.1 Å². The molecule has 0 unspecified atom stereocenters. The first kappa shape index (κ1) is 16.3. The van der Waals surface area contributed by atoms with E-state index in [-0.39, 0.29) is 17.2 Å². The largest absolute Gasteiger partial charge is 0.496 e. The van der Waals surface area contributed by atoms with Crippen LogP contribution in [-0.2, 0) is 21.2 Å². The lowest BCUT2D eigenvalue weighted by Crippen LogP contribution is -2.20. The monoisotopic (exact) mass is 346 g/mol. The van der Waals surface area contributed by atoms with Crippen molar-refractivity contribution in [1.82, 2.24) is 0 Å². The fourth-order valence-electron chi connectivity index (χ4n) is 2.77. The molecule has 1 aliphatic rings. The Kier molecular flexibility index (Phi) is 3.96. The minimum Gasteiger partial charge on any atom is -0.496 e. The Morgan fingerprint density at radius 3 is 2.58 bits per heavy atom. The fourth-order valence-corrected chi connectivity index (χ4v) is 3.90. The Morgan fingerprint density at radius 1 is 1.17 bits per heavy atom. The number of amides is 1. The lowest BCUT2D eigenvalue weighted by atomic mass is 10.1. The topological polar surface area (TPSA) is 75.7 Å². The molecule has 0 fully saturated rings. The first-order valence-corrected chi connectivity index (χ1v) is 8.87. The van der Waals surface area contributed by atoms with Crippen LogP contribution in [0.25, 0.3) is 0 Å². The minimum atomic E-state index is -3.71. The molecule has 6 nitrogen and oxygen atoms in total. The summed E-state index contributed by atoms with van der Waals surface area (Å²) in [5.74, 6) is 0.629. The van der Waals surface area contributed by atoms with E-state index >= 15 is 0 Å². The number of methoxy groups -OCH3 is 1. The second-order valence-corrected chi connectivity index (χ2v) is 7.39. The number of carbonyl (C=O) groups excluding carboxylic acids is 1. The van der Waals surface area contributed by atoms with Crippen LogP contribution in [0.2, 0.25) is 0 Å². The maximum atomic E-state index is 12.6. The smallest absolute Gasteiger partial charge is 0.261 e. The highest BCUT2D eigenvalue weighted by Crippen LogP contribution is 2.31. The standard InChI is InChI=1S/C17H18N2O4S/c1-11-8-14(5-7-16(11)23-3)24(21,22)18-13-4-6-15-12(9-13)10-17(20)19(15)2/h4-9,18H,10H2,1-3H3. The molecular formula is C17H18N2O4S. The molecule has 0 saturated heterocycles. The fraction of sp³-hybridized carbons (Fsp3) is 0.235. The highest BCUT2D eigenvalue weighted by Gasteiger charge is 2.24. The second kappa shape index (κ2) is 5.83. The normalized spacial score (nSPS) is 13.8. The lowest BCUT2D eigenvalue weighted by molar-refractivity contribution is -0.117. The number of nitrogens with zero attached hydrogens (tertiary/aromatic N) is 1. The van der Waals surface area contributed by atoms with E-state index in [9.17, 15) is 13.2 Å². The molecule has 0 saturated carbocycles. The van der Waals surface area contributed by atoms with Crippen molar-refractivity contribution in [3.63, 3.8) is 0 Å². The molecule has 1 heterocycles. The summed E-state index contributed by atoms with van der Waals surface area (Å²) in [5, 5.41) is 0. The highest BCUT2D eigenvalue weighted by molar-refractivity contribution is 7.92. The predicted octanol–water partition coefficient (Wildman–Crippen LogP) is 2.32. The maximum Gasteiger partial charge on any atom is 0.261 e. The Morgan fingerprint density at radius 2 is 1.92 bits per heavy atom. The number of nitrogens with one attached hydrogen (secondary N) is 1. The van der Waals surface area contributed by atoms with Gasteiger partial charge in [-0.1, -0.05) is 0 Å². The van der Waals surface area contributed by atoms with Crippen molar-refractivity contribution in [2.75, 3.05) is 23.8 Å². The quantitative estimate of drug-likeness (QED) is 0.922. The number of ether oxygens (including phenoxy) is 1. The Bertz CT molecular complexity index is 922. The SMILES string of the molecule is COc1ccc(S(=O)(=O)Nc2ccc3c(c2)CC(=O)N3C)cc1C. The van der Waals surface area contributed by atoms with Crippen molar-refractivity contribution in [3.05, 3.63) is 47.5 Å². The van der Waals surface area contributed by atoms with Gasteiger partial charge in [-0.15, -0.1) is 0 Å². The molecule has 3 rings (SSSR count). The van der Waals surface area contributed by atoms with Crippen molar-refractivity contribution in [1.29, 1.82) is 0 Å². The molecule has 0 atom stereocenters. The van der Waals surface area contributed by atoms with Crippen LogP contribution in [-0.4, -0.2) is 28.5 Å². The van der Waals surface area contributed by atoms with Gasteiger partial charge >= 0.3 is 0 Å². The first-order valence-electron chi connectivity index (χ1n) is 7.39. The highest BCUT2D eigenvalue weighted by atomic mass is 32.2. The molecule has 1 aliphatic heterocycles. The summed E-state index contributed by atoms with van der Waals surface area (Å²) >= 11 is 0. The first-order chi connectivity index (χ1) is 11.3. The Hall–Kier alpha value is -2.54. The number of hydrogen-bond acceptors (Lipinski definition) is 4. The van der Waals surface area contributed by atoms with Crippen LogP contribution in [0.4, 0.5) is 11.4 Å². The molecule has 0 bridgehead atoms. The Labute approximate surface area is 141 Å². The molecule has 0 radical (unpaired) electrons. The Balaban J connectivity index is 1.89. The molecule has 0 aliphatic carbocycles. The van der Waals surface area contributed by atoms with Crippen LogP contribution in [0.15, 0.2) is 41.3 Å². The number of aryl methyl sites for hydroxylation is 1. The van der Waals surface area contributed by atoms with Crippen molar-refractivity contribution in [2.24, 2.45) is 0 Å². The zero-order valence-electron chi connectivity index (χ0n) is 13.7. The van der Waals surface area contributed by atoms with Gasteiger partial charge in [0.25, 0.3) is 10.0 Å². The number of sulfonamides is 1. The van der Waals surface area contributed by atoms with Gasteiger partial charge in [-0.3, -0.25) is 9.52 Å². The molecule has 24 heavy (non-hydrogen) atoms.